The van der Waals surface area contributed by atoms with Gasteiger partial charge >= 0.3 is 6.09 Å². The number of hydrogen-bond donors (Lipinski definition) is 2. The van der Waals surface area contributed by atoms with Crippen LogP contribution in [0.2, 0.25) is 0 Å². The number of aromatic nitrogens is 3. The van der Waals surface area contributed by atoms with Crippen LogP contribution in [0.15, 0.2) is 30.5 Å². The molecule has 0 saturated carbocycles. The smallest absolute Gasteiger partial charge is 0.415 e. The van der Waals surface area contributed by atoms with Crippen molar-refractivity contribution in [2.45, 2.75) is 59.0 Å². The number of methoxy groups -OCH3 is 1. The van der Waals surface area contributed by atoms with E-state index < -0.39 is 11.7 Å². The van der Waals surface area contributed by atoms with Gasteiger partial charge in [-0.05, 0) is 52.3 Å². The van der Waals surface area contributed by atoms with E-state index in [4.69, 9.17) is 14.2 Å². The Bertz CT molecular complexity index is 1300. The molecule has 192 valence electrons. The lowest BCUT2D eigenvalue weighted by atomic mass is 10.1. The first-order valence-electron chi connectivity index (χ1n) is 11.7. The van der Waals surface area contributed by atoms with E-state index in [2.05, 4.69) is 20.7 Å². The van der Waals surface area contributed by atoms with Gasteiger partial charge in [-0.3, -0.25) is 9.69 Å². The SMILES string of the molecule is COc1ccc2cc1Nc1cc(N(C)C(=O)OC(C)(C)C)n3ncc(c3n1)C(=O)N[C@@H](C)C(C)OC2. The Kier molecular flexibility index (Phi) is 6.77. The van der Waals surface area contributed by atoms with Gasteiger partial charge in [0.2, 0.25) is 0 Å². The van der Waals surface area contributed by atoms with Crippen molar-refractivity contribution in [2.24, 2.45) is 0 Å². The fourth-order valence-corrected chi connectivity index (χ4v) is 3.69. The average molecular weight is 497 g/mol. The number of hydrogen-bond acceptors (Lipinski definition) is 8. The Labute approximate surface area is 209 Å². The van der Waals surface area contributed by atoms with Gasteiger partial charge in [0.15, 0.2) is 5.65 Å². The summed E-state index contributed by atoms with van der Waals surface area (Å²) in [5.74, 6) is 0.999. The second kappa shape index (κ2) is 9.65. The molecular weight excluding hydrogens is 464 g/mol. The van der Waals surface area contributed by atoms with Crippen LogP contribution in [0.5, 0.6) is 5.75 Å². The molecule has 1 unspecified atom stereocenters. The molecule has 11 heteroatoms. The summed E-state index contributed by atoms with van der Waals surface area (Å²) >= 11 is 0. The van der Waals surface area contributed by atoms with Gasteiger partial charge in [-0.2, -0.15) is 9.61 Å². The molecular formula is C25H32N6O5. The molecule has 4 bridgehead atoms. The van der Waals surface area contributed by atoms with Crippen molar-refractivity contribution in [2.75, 3.05) is 24.4 Å². The van der Waals surface area contributed by atoms with Gasteiger partial charge in [0.1, 0.15) is 28.5 Å². The van der Waals surface area contributed by atoms with Gasteiger partial charge in [-0.25, -0.2) is 9.78 Å². The Morgan fingerprint density at radius 2 is 2.00 bits per heavy atom. The highest BCUT2D eigenvalue weighted by Gasteiger charge is 2.26. The first-order chi connectivity index (χ1) is 17.0. The second-order valence-corrected chi connectivity index (χ2v) is 9.77. The Morgan fingerprint density at radius 1 is 1.25 bits per heavy atom. The van der Waals surface area contributed by atoms with E-state index in [1.165, 1.54) is 15.6 Å². The van der Waals surface area contributed by atoms with E-state index in [-0.39, 0.29) is 29.3 Å². The highest BCUT2D eigenvalue weighted by atomic mass is 16.6. The lowest BCUT2D eigenvalue weighted by Crippen LogP contribution is -2.41. The van der Waals surface area contributed by atoms with Gasteiger partial charge in [-0.1, -0.05) is 6.07 Å². The number of anilines is 3. The number of amides is 2. The van der Waals surface area contributed by atoms with Crippen LogP contribution in [-0.4, -0.2) is 58.5 Å². The molecule has 11 nitrogen and oxygen atoms in total. The third-order valence-electron chi connectivity index (χ3n) is 5.81. The number of nitrogens with one attached hydrogen (secondary N) is 2. The molecule has 0 aliphatic carbocycles. The van der Waals surface area contributed by atoms with E-state index >= 15 is 0 Å². The minimum Gasteiger partial charge on any atom is -0.495 e. The van der Waals surface area contributed by atoms with E-state index in [1.54, 1.807) is 41.0 Å². The van der Waals surface area contributed by atoms with Crippen LogP contribution in [0.4, 0.5) is 22.1 Å². The molecule has 0 saturated heterocycles. The first-order valence-corrected chi connectivity index (χ1v) is 11.7. The molecule has 0 radical (unpaired) electrons. The predicted molar refractivity (Wildman–Crippen MR) is 135 cm³/mol. The number of ether oxygens (including phenoxy) is 3. The van der Waals surface area contributed by atoms with E-state index in [0.717, 1.165) is 5.56 Å². The summed E-state index contributed by atoms with van der Waals surface area (Å²) in [7, 11) is 3.16. The van der Waals surface area contributed by atoms with E-state index in [1.807, 2.05) is 32.0 Å². The zero-order valence-electron chi connectivity index (χ0n) is 21.6. The monoisotopic (exact) mass is 496 g/mol. The van der Waals surface area contributed by atoms with E-state index in [9.17, 15) is 9.59 Å². The summed E-state index contributed by atoms with van der Waals surface area (Å²) in [6, 6.07) is 7.06. The average Bonchev–Trinajstić information content (AvgIpc) is 3.24. The number of benzene rings is 1. The number of carbonyl (C=O) groups excluding carboxylic acids is 2. The Hall–Kier alpha value is -3.86. The zero-order chi connectivity index (χ0) is 26.2. The maximum absolute atomic E-state index is 13.2. The molecule has 3 aromatic rings. The fourth-order valence-electron chi connectivity index (χ4n) is 3.69. The van der Waals surface area contributed by atoms with Crippen molar-refractivity contribution in [1.29, 1.82) is 0 Å². The highest BCUT2D eigenvalue weighted by molar-refractivity contribution is 6.00. The Morgan fingerprint density at radius 3 is 2.69 bits per heavy atom. The first kappa shape index (κ1) is 25.2. The molecule has 3 heterocycles. The van der Waals surface area contributed by atoms with Gasteiger partial charge in [0.25, 0.3) is 5.91 Å². The molecule has 0 fully saturated rings. The van der Waals surface area contributed by atoms with Crippen LogP contribution in [0.1, 0.15) is 50.5 Å². The molecule has 2 aromatic heterocycles. The van der Waals surface area contributed by atoms with Crippen molar-refractivity contribution in [3.8, 4) is 5.75 Å². The van der Waals surface area contributed by atoms with Crippen molar-refractivity contribution in [3.63, 3.8) is 0 Å². The molecule has 2 N–H and O–H groups in total. The molecule has 4 rings (SSSR count). The molecule has 1 aliphatic heterocycles. The predicted octanol–water partition coefficient (Wildman–Crippen LogP) is 3.89. The molecule has 36 heavy (non-hydrogen) atoms. The zero-order valence-corrected chi connectivity index (χ0v) is 21.6. The molecule has 1 aliphatic rings. The second-order valence-electron chi connectivity index (χ2n) is 9.77. The van der Waals surface area contributed by atoms with Crippen LogP contribution < -0.4 is 20.3 Å². The summed E-state index contributed by atoms with van der Waals surface area (Å²) in [5, 5.41) is 10.6. The largest absolute Gasteiger partial charge is 0.495 e. The molecule has 2 atom stereocenters. The topological polar surface area (TPSA) is 119 Å². The molecule has 0 spiro atoms. The van der Waals surface area contributed by atoms with E-state index in [0.29, 0.717) is 29.7 Å². The minimum absolute atomic E-state index is 0.255. The van der Waals surface area contributed by atoms with Crippen LogP contribution in [0.3, 0.4) is 0 Å². The summed E-state index contributed by atoms with van der Waals surface area (Å²) in [6.45, 7) is 9.50. The third kappa shape index (κ3) is 5.20. The van der Waals surface area contributed by atoms with Crippen LogP contribution in [-0.2, 0) is 16.1 Å². The van der Waals surface area contributed by atoms with Crippen LogP contribution in [0.25, 0.3) is 5.65 Å². The molecule has 1 aromatic carbocycles. The highest BCUT2D eigenvalue weighted by Crippen LogP contribution is 2.31. The van der Waals surface area contributed by atoms with Gasteiger partial charge in [0, 0.05) is 13.1 Å². The Balaban J connectivity index is 1.88. The van der Waals surface area contributed by atoms with Crippen molar-refractivity contribution < 1.29 is 23.8 Å². The maximum Gasteiger partial charge on any atom is 0.415 e. The standard InChI is InChI=1S/C25H32N6O5/c1-14-15(2)35-13-16-8-9-19(34-7)18(10-16)28-20-11-21(30(6)24(33)36-25(3,4)5)31-22(29-20)17(12-26-31)23(32)27-14/h8-12,14-15H,13H2,1-7H3,(H,27,32)(H,28,29)/t14-,15?/m0/s1. The number of fused-ring (bicyclic) bond motifs is 3. The van der Waals surface area contributed by atoms with Gasteiger partial charge < -0.3 is 24.8 Å². The normalized spacial score (nSPS) is 18.2. The van der Waals surface area contributed by atoms with Crippen LogP contribution >= 0.6 is 0 Å². The minimum atomic E-state index is -0.690. The lowest BCUT2D eigenvalue weighted by Gasteiger charge is -2.25. The number of rotatable bonds is 2. The van der Waals surface area contributed by atoms with Gasteiger partial charge in [0.05, 0.1) is 37.7 Å². The van der Waals surface area contributed by atoms with Crippen molar-refractivity contribution in [3.05, 3.63) is 41.6 Å². The van der Waals surface area contributed by atoms with Crippen molar-refractivity contribution in [1.82, 2.24) is 19.9 Å². The summed E-state index contributed by atoms with van der Waals surface area (Å²) in [6.07, 6.45) is 0.602. The molecule has 2 amide bonds. The third-order valence-corrected chi connectivity index (χ3v) is 5.81. The summed E-state index contributed by atoms with van der Waals surface area (Å²) in [4.78, 5) is 32.1. The quantitative estimate of drug-likeness (QED) is 0.548. The fraction of sp³-hybridized carbons (Fsp3) is 0.440. The van der Waals surface area contributed by atoms with Crippen LogP contribution in [0, 0.1) is 0 Å². The summed E-state index contributed by atoms with van der Waals surface area (Å²) in [5.41, 5.74) is 1.41. The number of nitrogens with zero attached hydrogens (tertiary/aromatic N) is 4. The van der Waals surface area contributed by atoms with Crippen molar-refractivity contribution >= 4 is 35.0 Å². The number of carbonyl (C=O) groups is 2. The maximum atomic E-state index is 13.2. The lowest BCUT2D eigenvalue weighted by molar-refractivity contribution is 0.0303. The summed E-state index contributed by atoms with van der Waals surface area (Å²) < 4.78 is 18.5. The van der Waals surface area contributed by atoms with Gasteiger partial charge in [-0.15, -0.1) is 0 Å².